The van der Waals surface area contributed by atoms with Gasteiger partial charge in [0.2, 0.25) is 0 Å². The summed E-state index contributed by atoms with van der Waals surface area (Å²) in [6.45, 7) is -0.265. The zero-order valence-corrected chi connectivity index (χ0v) is 17.0. The van der Waals surface area contributed by atoms with Gasteiger partial charge in [0, 0.05) is 5.56 Å². The van der Waals surface area contributed by atoms with Crippen LogP contribution in [0, 0.1) is 0 Å². The van der Waals surface area contributed by atoms with Gasteiger partial charge in [-0.2, -0.15) is 0 Å². The molecule has 31 heavy (non-hydrogen) atoms. The maximum absolute atomic E-state index is 13.4. The monoisotopic (exact) mass is 410 g/mol. The fourth-order valence-electron chi connectivity index (χ4n) is 4.67. The standard InChI is InChI=1S/C26H22N2O3/c29-23(21-14-12-19(13-15-21)18-7-2-1-3-8-18)17-28-24(30)26(27-25(28)31)16-6-10-20-9-4-5-11-22(20)26/h1-5,7-9,11-15H,6,10,16-17H2,(H,27,31)/t26-/m1/s1. The quantitative estimate of drug-likeness (QED) is 0.515. The largest absolute Gasteiger partial charge is 0.325 e. The van der Waals surface area contributed by atoms with Gasteiger partial charge in [-0.25, -0.2) is 4.79 Å². The first-order chi connectivity index (χ1) is 15.1. The molecule has 1 N–H and O–H groups in total. The van der Waals surface area contributed by atoms with Gasteiger partial charge in [0.25, 0.3) is 5.91 Å². The summed E-state index contributed by atoms with van der Waals surface area (Å²) in [7, 11) is 0. The van der Waals surface area contributed by atoms with Gasteiger partial charge in [0.1, 0.15) is 5.54 Å². The zero-order chi connectivity index (χ0) is 21.4. The average molecular weight is 410 g/mol. The number of urea groups is 1. The highest BCUT2D eigenvalue weighted by Crippen LogP contribution is 2.39. The number of fused-ring (bicyclic) bond motifs is 2. The summed E-state index contributed by atoms with van der Waals surface area (Å²) in [6.07, 6.45) is 2.24. The van der Waals surface area contributed by atoms with Gasteiger partial charge >= 0.3 is 6.03 Å². The molecule has 5 rings (SSSR count). The van der Waals surface area contributed by atoms with E-state index in [0.29, 0.717) is 12.0 Å². The predicted molar refractivity (Wildman–Crippen MR) is 118 cm³/mol. The van der Waals surface area contributed by atoms with Crippen molar-refractivity contribution in [1.29, 1.82) is 0 Å². The molecule has 0 aromatic heterocycles. The lowest BCUT2D eigenvalue weighted by Gasteiger charge is -2.33. The third-order valence-electron chi connectivity index (χ3n) is 6.27. The first-order valence-corrected chi connectivity index (χ1v) is 10.5. The van der Waals surface area contributed by atoms with Crippen molar-refractivity contribution in [3.8, 4) is 11.1 Å². The molecule has 1 aliphatic carbocycles. The first kappa shape index (κ1) is 19.2. The number of aryl methyl sites for hydroxylation is 1. The highest BCUT2D eigenvalue weighted by Gasteiger charge is 2.54. The molecule has 1 fully saturated rings. The van der Waals surface area contributed by atoms with Gasteiger partial charge in [0.05, 0.1) is 6.54 Å². The molecule has 3 aromatic rings. The van der Waals surface area contributed by atoms with Crippen molar-refractivity contribution in [2.75, 3.05) is 6.54 Å². The summed E-state index contributed by atoms with van der Waals surface area (Å²) in [4.78, 5) is 40.0. The van der Waals surface area contributed by atoms with E-state index in [1.165, 1.54) is 0 Å². The van der Waals surface area contributed by atoms with Crippen LogP contribution >= 0.6 is 0 Å². The number of hydrogen-bond donors (Lipinski definition) is 1. The van der Waals surface area contributed by atoms with Gasteiger partial charge in [-0.15, -0.1) is 0 Å². The molecule has 5 nitrogen and oxygen atoms in total. The maximum atomic E-state index is 13.4. The molecule has 0 bridgehead atoms. The van der Waals surface area contributed by atoms with Crippen LogP contribution in [0.5, 0.6) is 0 Å². The molecular weight excluding hydrogens is 388 g/mol. The number of rotatable bonds is 4. The highest BCUT2D eigenvalue weighted by molar-refractivity contribution is 6.11. The normalized spacial score (nSPS) is 19.9. The molecule has 154 valence electrons. The Labute approximate surface area is 180 Å². The van der Waals surface area contributed by atoms with E-state index in [1.54, 1.807) is 12.1 Å². The Balaban J connectivity index is 1.37. The zero-order valence-electron chi connectivity index (χ0n) is 17.0. The number of Topliss-reactive ketones (excluding diaryl/α,β-unsaturated/α-hetero) is 1. The van der Waals surface area contributed by atoms with Crippen LogP contribution in [0.25, 0.3) is 11.1 Å². The minimum absolute atomic E-state index is 0.260. The third kappa shape index (κ3) is 3.22. The Hall–Kier alpha value is -3.73. The van der Waals surface area contributed by atoms with Crippen molar-refractivity contribution in [1.82, 2.24) is 10.2 Å². The van der Waals surface area contributed by atoms with Crippen molar-refractivity contribution in [3.05, 3.63) is 95.6 Å². The lowest BCUT2D eigenvalue weighted by Crippen LogP contribution is -2.46. The van der Waals surface area contributed by atoms with Crippen LogP contribution in [0.2, 0.25) is 0 Å². The van der Waals surface area contributed by atoms with Crippen molar-refractivity contribution >= 4 is 17.7 Å². The molecular formula is C26H22N2O3. The number of benzene rings is 3. The van der Waals surface area contributed by atoms with Crippen molar-refractivity contribution in [2.24, 2.45) is 0 Å². The number of nitrogens with one attached hydrogen (secondary N) is 1. The smallest absolute Gasteiger partial charge is 0.319 e. The summed E-state index contributed by atoms with van der Waals surface area (Å²) in [5.74, 6) is -0.594. The lowest BCUT2D eigenvalue weighted by molar-refractivity contribution is -0.131. The molecule has 1 heterocycles. The summed E-state index contributed by atoms with van der Waals surface area (Å²) in [5.41, 5.74) is 3.42. The van der Waals surface area contributed by atoms with Crippen LogP contribution in [-0.4, -0.2) is 29.2 Å². The Bertz CT molecular complexity index is 1170. The molecule has 3 aromatic carbocycles. The Morgan fingerprint density at radius 2 is 1.55 bits per heavy atom. The van der Waals surface area contributed by atoms with Crippen LogP contribution < -0.4 is 5.32 Å². The predicted octanol–water partition coefficient (Wildman–Crippen LogP) is 4.32. The second-order valence-electron chi connectivity index (χ2n) is 8.10. The van der Waals surface area contributed by atoms with Crippen LogP contribution in [-0.2, 0) is 16.8 Å². The lowest BCUT2D eigenvalue weighted by atomic mass is 9.76. The molecule has 0 saturated carbocycles. The molecule has 1 spiro atoms. The average Bonchev–Trinajstić information content (AvgIpc) is 3.04. The molecule has 1 atom stereocenters. The minimum atomic E-state index is -1.05. The van der Waals surface area contributed by atoms with E-state index in [-0.39, 0.29) is 18.2 Å². The van der Waals surface area contributed by atoms with Crippen LogP contribution in [0.15, 0.2) is 78.9 Å². The number of hydrogen-bond acceptors (Lipinski definition) is 3. The molecule has 5 heteroatoms. The van der Waals surface area contributed by atoms with Crippen LogP contribution in [0.4, 0.5) is 4.79 Å². The fraction of sp³-hybridized carbons (Fsp3) is 0.192. The Kier molecular flexibility index (Phi) is 4.66. The third-order valence-corrected chi connectivity index (χ3v) is 6.27. The van der Waals surface area contributed by atoms with E-state index in [4.69, 9.17) is 0 Å². The molecule has 0 unspecified atom stereocenters. The second kappa shape index (κ2) is 7.51. The number of imide groups is 1. The van der Waals surface area contributed by atoms with Gasteiger partial charge < -0.3 is 5.32 Å². The van der Waals surface area contributed by atoms with E-state index < -0.39 is 11.6 Å². The Morgan fingerprint density at radius 3 is 2.32 bits per heavy atom. The summed E-state index contributed by atoms with van der Waals surface area (Å²) >= 11 is 0. The topological polar surface area (TPSA) is 66.5 Å². The number of carbonyl (C=O) groups excluding carboxylic acids is 3. The van der Waals surface area contributed by atoms with Gasteiger partial charge in [0.15, 0.2) is 5.78 Å². The number of ketones is 1. The molecule has 2 aliphatic rings. The van der Waals surface area contributed by atoms with Crippen LogP contribution in [0.3, 0.4) is 0 Å². The molecule has 3 amide bonds. The van der Waals surface area contributed by atoms with Crippen molar-refractivity contribution in [2.45, 2.75) is 24.8 Å². The summed E-state index contributed by atoms with van der Waals surface area (Å²) in [6, 6.07) is 24.4. The summed E-state index contributed by atoms with van der Waals surface area (Å²) in [5, 5.41) is 2.90. The SMILES string of the molecule is O=C(CN1C(=O)N[C@@]2(CCCc3ccccc32)C1=O)c1ccc(-c2ccccc2)cc1. The van der Waals surface area contributed by atoms with Crippen molar-refractivity contribution in [3.63, 3.8) is 0 Å². The maximum Gasteiger partial charge on any atom is 0.325 e. The molecule has 0 radical (unpaired) electrons. The highest BCUT2D eigenvalue weighted by atomic mass is 16.2. The fourth-order valence-corrected chi connectivity index (χ4v) is 4.67. The molecule has 1 saturated heterocycles. The van der Waals surface area contributed by atoms with Crippen molar-refractivity contribution < 1.29 is 14.4 Å². The van der Waals surface area contributed by atoms with Gasteiger partial charge in [-0.05, 0) is 41.5 Å². The van der Waals surface area contributed by atoms with E-state index in [2.05, 4.69) is 5.32 Å². The first-order valence-electron chi connectivity index (χ1n) is 10.5. The van der Waals surface area contributed by atoms with Crippen LogP contribution in [0.1, 0.15) is 34.3 Å². The summed E-state index contributed by atoms with van der Waals surface area (Å²) < 4.78 is 0. The number of amides is 3. The van der Waals surface area contributed by atoms with E-state index in [1.807, 2.05) is 66.7 Å². The second-order valence-corrected chi connectivity index (χ2v) is 8.10. The molecule has 1 aliphatic heterocycles. The van der Waals surface area contributed by atoms with E-state index >= 15 is 0 Å². The minimum Gasteiger partial charge on any atom is -0.319 e. The Morgan fingerprint density at radius 1 is 0.871 bits per heavy atom. The van der Waals surface area contributed by atoms with E-state index in [9.17, 15) is 14.4 Å². The van der Waals surface area contributed by atoms with E-state index in [0.717, 1.165) is 40.0 Å². The number of nitrogens with zero attached hydrogens (tertiary/aromatic N) is 1. The van der Waals surface area contributed by atoms with Gasteiger partial charge in [-0.1, -0.05) is 78.9 Å². The number of carbonyl (C=O) groups is 3. The van der Waals surface area contributed by atoms with Gasteiger partial charge in [-0.3, -0.25) is 14.5 Å².